The summed E-state index contributed by atoms with van der Waals surface area (Å²) in [6.45, 7) is 0.250. The minimum Gasteiger partial charge on any atom is -0.497 e. The number of hydrogen-bond donors (Lipinski definition) is 1. The maximum absolute atomic E-state index is 11.9. The van der Waals surface area contributed by atoms with Gasteiger partial charge < -0.3 is 24.1 Å². The number of nitrogens with one attached hydrogen (secondary N) is 1. The van der Waals surface area contributed by atoms with Crippen molar-refractivity contribution in [2.24, 2.45) is 0 Å². The zero-order valence-electron chi connectivity index (χ0n) is 15.7. The molecule has 8 nitrogen and oxygen atoms in total. The second-order valence-corrected chi connectivity index (χ2v) is 5.78. The molecule has 0 atom stereocenters. The van der Waals surface area contributed by atoms with Crippen LogP contribution in [0.1, 0.15) is 5.89 Å². The Morgan fingerprint density at radius 3 is 2.50 bits per heavy atom. The van der Waals surface area contributed by atoms with Gasteiger partial charge in [-0.15, -0.1) is 0 Å². The molecular weight excluding hydrogens is 362 g/mol. The van der Waals surface area contributed by atoms with Crippen LogP contribution in [0.5, 0.6) is 17.2 Å². The van der Waals surface area contributed by atoms with Crippen LogP contribution in [0.4, 0.5) is 0 Å². The number of hydrogen-bond acceptors (Lipinski definition) is 7. The summed E-state index contributed by atoms with van der Waals surface area (Å²) in [7, 11) is 3.16. The summed E-state index contributed by atoms with van der Waals surface area (Å²) in [5.41, 5.74) is 0.824. The summed E-state index contributed by atoms with van der Waals surface area (Å²) in [5, 5.41) is 6.71. The third kappa shape index (κ3) is 5.00. The molecule has 3 rings (SSSR count). The number of rotatable bonds is 9. The first kappa shape index (κ1) is 19.2. The highest BCUT2D eigenvalue weighted by Gasteiger charge is 2.10. The zero-order chi connectivity index (χ0) is 19.8. The molecule has 1 aromatic heterocycles. The van der Waals surface area contributed by atoms with Gasteiger partial charge in [-0.1, -0.05) is 17.3 Å². The van der Waals surface area contributed by atoms with E-state index in [-0.39, 0.29) is 12.5 Å². The van der Waals surface area contributed by atoms with Crippen LogP contribution < -0.4 is 19.5 Å². The first-order valence-electron chi connectivity index (χ1n) is 8.69. The van der Waals surface area contributed by atoms with Gasteiger partial charge in [0.05, 0.1) is 14.2 Å². The molecule has 0 unspecified atom stereocenters. The minimum atomic E-state index is -0.249. The van der Waals surface area contributed by atoms with Crippen molar-refractivity contribution in [3.8, 4) is 28.6 Å². The van der Waals surface area contributed by atoms with Gasteiger partial charge in [0.1, 0.15) is 5.75 Å². The molecule has 3 aromatic rings. The van der Waals surface area contributed by atoms with Gasteiger partial charge in [-0.25, -0.2) is 0 Å². The Hall–Kier alpha value is -3.55. The molecule has 1 heterocycles. The zero-order valence-corrected chi connectivity index (χ0v) is 15.7. The normalized spacial score (nSPS) is 10.4. The average Bonchev–Trinajstić information content (AvgIpc) is 3.21. The first-order valence-corrected chi connectivity index (χ1v) is 8.69. The lowest BCUT2D eigenvalue weighted by molar-refractivity contribution is -0.123. The molecular formula is C20H21N3O5. The lowest BCUT2D eigenvalue weighted by Crippen LogP contribution is -2.30. The van der Waals surface area contributed by atoms with Crippen molar-refractivity contribution in [3.63, 3.8) is 0 Å². The summed E-state index contributed by atoms with van der Waals surface area (Å²) in [4.78, 5) is 16.3. The van der Waals surface area contributed by atoms with Gasteiger partial charge >= 0.3 is 0 Å². The van der Waals surface area contributed by atoms with E-state index in [9.17, 15) is 4.79 Å². The van der Waals surface area contributed by atoms with Crippen molar-refractivity contribution < 1.29 is 23.5 Å². The van der Waals surface area contributed by atoms with Gasteiger partial charge in [0.15, 0.2) is 18.1 Å². The molecule has 1 N–H and O–H groups in total. The number of para-hydroxylation sites is 2. The number of benzene rings is 2. The predicted molar refractivity (Wildman–Crippen MR) is 101 cm³/mol. The van der Waals surface area contributed by atoms with Crippen molar-refractivity contribution in [1.82, 2.24) is 15.5 Å². The van der Waals surface area contributed by atoms with E-state index in [1.165, 1.54) is 0 Å². The Morgan fingerprint density at radius 1 is 1.04 bits per heavy atom. The van der Waals surface area contributed by atoms with Crippen LogP contribution in [-0.2, 0) is 11.2 Å². The lowest BCUT2D eigenvalue weighted by atomic mass is 10.2. The van der Waals surface area contributed by atoms with Crippen molar-refractivity contribution in [3.05, 3.63) is 54.4 Å². The van der Waals surface area contributed by atoms with Gasteiger partial charge in [-0.2, -0.15) is 4.98 Å². The largest absolute Gasteiger partial charge is 0.497 e. The Bertz CT molecular complexity index is 908. The molecule has 0 saturated carbocycles. The van der Waals surface area contributed by atoms with E-state index in [4.69, 9.17) is 18.7 Å². The average molecular weight is 383 g/mol. The van der Waals surface area contributed by atoms with E-state index in [0.717, 1.165) is 11.3 Å². The Kier molecular flexibility index (Phi) is 6.46. The fourth-order valence-electron chi connectivity index (χ4n) is 2.45. The monoisotopic (exact) mass is 383 g/mol. The van der Waals surface area contributed by atoms with Crippen LogP contribution in [0.25, 0.3) is 11.4 Å². The molecule has 28 heavy (non-hydrogen) atoms. The summed E-state index contributed by atoms with van der Waals surface area (Å²) in [6.07, 6.45) is 0.420. The van der Waals surface area contributed by atoms with Crippen LogP contribution in [-0.4, -0.2) is 43.4 Å². The molecule has 0 aliphatic carbocycles. The second-order valence-electron chi connectivity index (χ2n) is 5.78. The molecule has 8 heteroatoms. The standard InChI is InChI=1S/C20H21N3O5/c1-25-15-9-7-14(8-10-15)20-22-19(28-23-20)11-12-21-18(24)13-27-17-6-4-3-5-16(17)26-2/h3-10H,11-13H2,1-2H3,(H,21,24). The van der Waals surface area contributed by atoms with E-state index in [1.807, 2.05) is 36.4 Å². The number of carbonyl (C=O) groups excluding carboxylic acids is 1. The Morgan fingerprint density at radius 2 is 1.79 bits per heavy atom. The summed E-state index contributed by atoms with van der Waals surface area (Å²) >= 11 is 0. The topological polar surface area (TPSA) is 95.7 Å². The van der Waals surface area contributed by atoms with Crippen LogP contribution in [0.2, 0.25) is 0 Å². The maximum Gasteiger partial charge on any atom is 0.257 e. The third-order valence-electron chi connectivity index (χ3n) is 3.91. The van der Waals surface area contributed by atoms with Crippen molar-refractivity contribution in [2.75, 3.05) is 27.4 Å². The molecule has 0 aliphatic heterocycles. The summed E-state index contributed by atoms with van der Waals surface area (Å²) in [6, 6.07) is 14.5. The Labute approximate surface area is 162 Å². The van der Waals surface area contributed by atoms with E-state index in [2.05, 4.69) is 15.5 Å². The molecule has 0 radical (unpaired) electrons. The van der Waals surface area contributed by atoms with Crippen molar-refractivity contribution >= 4 is 5.91 Å². The number of ether oxygens (including phenoxy) is 3. The molecule has 0 spiro atoms. The number of methoxy groups -OCH3 is 2. The van der Waals surface area contributed by atoms with Crippen LogP contribution in [0, 0.1) is 0 Å². The summed E-state index contributed by atoms with van der Waals surface area (Å²) in [5.74, 6) is 2.53. The number of amides is 1. The number of carbonyl (C=O) groups is 1. The van der Waals surface area contributed by atoms with E-state index >= 15 is 0 Å². The SMILES string of the molecule is COc1ccc(-c2noc(CCNC(=O)COc3ccccc3OC)n2)cc1. The minimum absolute atomic E-state index is 0.110. The molecule has 0 fully saturated rings. The smallest absolute Gasteiger partial charge is 0.257 e. The molecule has 1 amide bonds. The van der Waals surface area contributed by atoms with E-state index < -0.39 is 0 Å². The highest BCUT2D eigenvalue weighted by molar-refractivity contribution is 5.77. The van der Waals surface area contributed by atoms with Crippen molar-refractivity contribution in [2.45, 2.75) is 6.42 Å². The quantitative estimate of drug-likeness (QED) is 0.606. The number of nitrogens with zero attached hydrogens (tertiary/aromatic N) is 2. The van der Waals surface area contributed by atoms with Gasteiger partial charge in [0.25, 0.3) is 5.91 Å². The Balaban J connectivity index is 1.44. The van der Waals surface area contributed by atoms with E-state index in [0.29, 0.717) is 36.2 Å². The molecule has 0 bridgehead atoms. The second kappa shape index (κ2) is 9.40. The van der Waals surface area contributed by atoms with E-state index in [1.54, 1.807) is 26.4 Å². The van der Waals surface area contributed by atoms with Gasteiger partial charge in [-0.3, -0.25) is 4.79 Å². The van der Waals surface area contributed by atoms with Gasteiger partial charge in [0.2, 0.25) is 11.7 Å². The molecule has 146 valence electrons. The highest BCUT2D eigenvalue weighted by Crippen LogP contribution is 2.25. The number of aromatic nitrogens is 2. The highest BCUT2D eigenvalue weighted by atomic mass is 16.5. The predicted octanol–water partition coefficient (Wildman–Crippen LogP) is 2.49. The molecule has 0 saturated heterocycles. The maximum atomic E-state index is 11.9. The fourth-order valence-corrected chi connectivity index (χ4v) is 2.45. The van der Waals surface area contributed by atoms with Crippen LogP contribution >= 0.6 is 0 Å². The molecule has 0 aliphatic rings. The van der Waals surface area contributed by atoms with Gasteiger partial charge in [-0.05, 0) is 36.4 Å². The van der Waals surface area contributed by atoms with Crippen LogP contribution in [0.3, 0.4) is 0 Å². The molecule has 2 aromatic carbocycles. The lowest BCUT2D eigenvalue weighted by Gasteiger charge is -2.10. The summed E-state index contributed by atoms with van der Waals surface area (Å²) < 4.78 is 21.0. The van der Waals surface area contributed by atoms with Gasteiger partial charge in [0, 0.05) is 18.5 Å². The first-order chi connectivity index (χ1) is 13.7. The van der Waals surface area contributed by atoms with Crippen molar-refractivity contribution in [1.29, 1.82) is 0 Å². The fraction of sp³-hybridized carbons (Fsp3) is 0.250. The third-order valence-corrected chi connectivity index (χ3v) is 3.91. The van der Waals surface area contributed by atoms with Crippen LogP contribution in [0.15, 0.2) is 53.1 Å².